The average Bonchev–Trinajstić information content (AvgIpc) is 2.64. The fourth-order valence-electron chi connectivity index (χ4n) is 3.12. The van der Waals surface area contributed by atoms with Crippen molar-refractivity contribution in [3.63, 3.8) is 0 Å². The van der Waals surface area contributed by atoms with Gasteiger partial charge in [0.1, 0.15) is 11.6 Å². The zero-order valence-electron chi connectivity index (χ0n) is 14.3. The number of aryl methyl sites for hydroxylation is 2. The molecule has 1 amide bonds. The van der Waals surface area contributed by atoms with Crippen LogP contribution in [0.15, 0.2) is 60.3 Å². The summed E-state index contributed by atoms with van der Waals surface area (Å²) in [5, 5.41) is 12.5. The second-order valence-corrected chi connectivity index (χ2v) is 6.23. The first-order valence-electron chi connectivity index (χ1n) is 8.48. The highest BCUT2D eigenvalue weighted by Gasteiger charge is 2.24. The smallest absolute Gasteiger partial charge is 0.270 e. The number of nitriles is 1. The third-order valence-corrected chi connectivity index (χ3v) is 4.34. The number of fused-ring (bicyclic) bond motifs is 1. The van der Waals surface area contributed by atoms with E-state index in [2.05, 4.69) is 11.4 Å². The molecule has 0 saturated heterocycles. The van der Waals surface area contributed by atoms with Crippen LogP contribution < -0.4 is 10.2 Å². The van der Waals surface area contributed by atoms with Crippen molar-refractivity contribution < 1.29 is 4.79 Å². The Morgan fingerprint density at radius 1 is 1.28 bits per heavy atom. The Balaban J connectivity index is 1.73. The third-order valence-electron chi connectivity index (χ3n) is 4.34. The molecule has 1 N–H and O–H groups in total. The van der Waals surface area contributed by atoms with Crippen molar-refractivity contribution in [2.45, 2.75) is 26.3 Å². The van der Waals surface area contributed by atoms with E-state index in [4.69, 9.17) is 0 Å². The topological polar surface area (TPSA) is 56.1 Å². The molecule has 0 aromatic heterocycles. The molecule has 0 bridgehead atoms. The third kappa shape index (κ3) is 3.89. The molecular formula is C21H21N3O. The van der Waals surface area contributed by atoms with Crippen LogP contribution in [0.25, 0.3) is 0 Å². The van der Waals surface area contributed by atoms with Gasteiger partial charge in [-0.1, -0.05) is 48.0 Å². The molecule has 3 rings (SSSR count). The molecule has 0 saturated carbocycles. The quantitative estimate of drug-likeness (QED) is 0.689. The maximum Gasteiger partial charge on any atom is 0.270 e. The number of hydrogen-bond acceptors (Lipinski definition) is 3. The van der Waals surface area contributed by atoms with Gasteiger partial charge in [-0.05, 0) is 37.0 Å². The first-order chi connectivity index (χ1) is 12.2. The molecule has 0 aliphatic carbocycles. The van der Waals surface area contributed by atoms with Crippen molar-refractivity contribution in [3.05, 3.63) is 77.0 Å². The van der Waals surface area contributed by atoms with E-state index in [-0.39, 0.29) is 11.5 Å². The standard InChI is InChI=1S/C21H21N3O/c1-16-6-4-7-17(12-16)14-23-15-19(13-22)21(25)24-11-5-9-18-8-2-3-10-20(18)24/h2-4,6-8,10,12,15,23H,5,9,11,14H2,1H3/b19-15-. The lowest BCUT2D eigenvalue weighted by Gasteiger charge is -2.29. The van der Waals surface area contributed by atoms with Gasteiger partial charge in [0.15, 0.2) is 0 Å². The van der Waals surface area contributed by atoms with Gasteiger partial charge in [0.2, 0.25) is 0 Å². The number of carbonyl (C=O) groups excluding carboxylic acids is 1. The highest BCUT2D eigenvalue weighted by Crippen LogP contribution is 2.27. The van der Waals surface area contributed by atoms with Gasteiger partial charge in [0.05, 0.1) is 0 Å². The summed E-state index contributed by atoms with van der Waals surface area (Å²) in [5.41, 5.74) is 4.50. The lowest BCUT2D eigenvalue weighted by atomic mass is 10.0. The van der Waals surface area contributed by atoms with Gasteiger partial charge in [-0.15, -0.1) is 0 Å². The van der Waals surface area contributed by atoms with Gasteiger partial charge in [-0.2, -0.15) is 5.26 Å². The molecule has 126 valence electrons. The number of nitrogens with zero attached hydrogens (tertiary/aromatic N) is 2. The summed E-state index contributed by atoms with van der Waals surface area (Å²) in [6.07, 6.45) is 3.41. The van der Waals surface area contributed by atoms with Gasteiger partial charge in [-0.25, -0.2) is 0 Å². The summed E-state index contributed by atoms with van der Waals surface area (Å²) >= 11 is 0. The van der Waals surface area contributed by atoms with Crippen LogP contribution in [0.1, 0.15) is 23.1 Å². The van der Waals surface area contributed by atoms with E-state index >= 15 is 0 Å². The SMILES string of the molecule is Cc1cccc(CN/C=C(/C#N)C(=O)N2CCCc3ccccc32)c1. The summed E-state index contributed by atoms with van der Waals surface area (Å²) in [6, 6.07) is 18.1. The number of amides is 1. The Bertz CT molecular complexity index is 848. The van der Waals surface area contributed by atoms with E-state index in [9.17, 15) is 10.1 Å². The van der Waals surface area contributed by atoms with Crippen LogP contribution in [0.5, 0.6) is 0 Å². The first-order valence-corrected chi connectivity index (χ1v) is 8.48. The molecule has 0 atom stereocenters. The molecular weight excluding hydrogens is 310 g/mol. The molecule has 1 aliphatic rings. The normalized spacial score (nSPS) is 13.8. The van der Waals surface area contributed by atoms with Crippen molar-refractivity contribution >= 4 is 11.6 Å². The monoisotopic (exact) mass is 331 g/mol. The van der Waals surface area contributed by atoms with Gasteiger partial charge in [-0.3, -0.25) is 4.79 Å². The molecule has 2 aromatic carbocycles. The molecule has 1 aliphatic heterocycles. The number of nitrogens with one attached hydrogen (secondary N) is 1. The van der Waals surface area contributed by atoms with Crippen molar-refractivity contribution in [2.24, 2.45) is 0 Å². The lowest BCUT2D eigenvalue weighted by Crippen LogP contribution is -2.36. The Labute approximate surface area is 148 Å². The predicted octanol–water partition coefficient (Wildman–Crippen LogP) is 3.47. The van der Waals surface area contributed by atoms with Crippen LogP contribution in [0.4, 0.5) is 5.69 Å². The molecule has 0 spiro atoms. The van der Waals surface area contributed by atoms with Gasteiger partial charge >= 0.3 is 0 Å². The van der Waals surface area contributed by atoms with E-state index in [1.165, 1.54) is 11.8 Å². The number of para-hydroxylation sites is 1. The number of anilines is 1. The summed E-state index contributed by atoms with van der Waals surface area (Å²) < 4.78 is 0. The number of rotatable bonds is 4. The minimum atomic E-state index is -0.244. The molecule has 25 heavy (non-hydrogen) atoms. The molecule has 0 radical (unpaired) electrons. The van der Waals surface area contributed by atoms with Crippen LogP contribution in [-0.2, 0) is 17.8 Å². The zero-order valence-corrected chi connectivity index (χ0v) is 14.3. The predicted molar refractivity (Wildman–Crippen MR) is 98.8 cm³/mol. The largest absolute Gasteiger partial charge is 0.386 e. The highest BCUT2D eigenvalue weighted by atomic mass is 16.2. The van der Waals surface area contributed by atoms with Crippen LogP contribution >= 0.6 is 0 Å². The van der Waals surface area contributed by atoms with Crippen molar-refractivity contribution in [1.29, 1.82) is 5.26 Å². The maximum atomic E-state index is 12.8. The molecule has 0 fully saturated rings. The summed E-state index contributed by atoms with van der Waals surface area (Å²) in [4.78, 5) is 14.5. The second-order valence-electron chi connectivity index (χ2n) is 6.23. The van der Waals surface area contributed by atoms with E-state index in [1.54, 1.807) is 4.90 Å². The van der Waals surface area contributed by atoms with E-state index in [0.717, 1.165) is 29.7 Å². The Hall–Kier alpha value is -3.06. The fourth-order valence-corrected chi connectivity index (χ4v) is 3.12. The van der Waals surface area contributed by atoms with Crippen molar-refractivity contribution in [2.75, 3.05) is 11.4 Å². The molecule has 0 unspecified atom stereocenters. The molecule has 4 heteroatoms. The van der Waals surface area contributed by atoms with Crippen LogP contribution in [0, 0.1) is 18.3 Å². The van der Waals surface area contributed by atoms with Crippen LogP contribution in [-0.4, -0.2) is 12.5 Å². The summed E-state index contributed by atoms with van der Waals surface area (Å²) in [5.74, 6) is -0.244. The summed E-state index contributed by atoms with van der Waals surface area (Å²) in [6.45, 7) is 3.26. The molecule has 1 heterocycles. The van der Waals surface area contributed by atoms with Crippen LogP contribution in [0.3, 0.4) is 0 Å². The van der Waals surface area contributed by atoms with E-state index in [0.29, 0.717) is 13.1 Å². The number of hydrogen-bond donors (Lipinski definition) is 1. The Morgan fingerprint density at radius 3 is 2.92 bits per heavy atom. The van der Waals surface area contributed by atoms with Gasteiger partial charge in [0.25, 0.3) is 5.91 Å². The van der Waals surface area contributed by atoms with E-state index in [1.807, 2.05) is 55.5 Å². The average molecular weight is 331 g/mol. The maximum absolute atomic E-state index is 12.8. The zero-order chi connectivity index (χ0) is 17.6. The Kier molecular flexibility index (Phi) is 5.15. The molecule has 4 nitrogen and oxygen atoms in total. The van der Waals surface area contributed by atoms with Crippen molar-refractivity contribution in [3.8, 4) is 6.07 Å². The minimum Gasteiger partial charge on any atom is -0.386 e. The van der Waals surface area contributed by atoms with Crippen molar-refractivity contribution in [1.82, 2.24) is 5.32 Å². The van der Waals surface area contributed by atoms with Gasteiger partial charge in [0, 0.05) is 25.0 Å². The minimum absolute atomic E-state index is 0.129. The summed E-state index contributed by atoms with van der Waals surface area (Å²) in [7, 11) is 0. The highest BCUT2D eigenvalue weighted by molar-refractivity contribution is 6.08. The number of benzene rings is 2. The Morgan fingerprint density at radius 2 is 2.12 bits per heavy atom. The second kappa shape index (κ2) is 7.67. The first kappa shape index (κ1) is 16.8. The van der Waals surface area contributed by atoms with E-state index < -0.39 is 0 Å². The fraction of sp³-hybridized carbons (Fsp3) is 0.238. The lowest BCUT2D eigenvalue weighted by molar-refractivity contribution is -0.114. The van der Waals surface area contributed by atoms with Crippen LogP contribution in [0.2, 0.25) is 0 Å². The number of carbonyl (C=O) groups is 1. The molecule has 2 aromatic rings. The van der Waals surface area contributed by atoms with Gasteiger partial charge < -0.3 is 10.2 Å².